The normalized spacial score (nSPS) is 14.9. The zero-order chi connectivity index (χ0) is 16.8. The van der Waals surface area contributed by atoms with Crippen molar-refractivity contribution in [2.24, 2.45) is 13.0 Å². The van der Waals surface area contributed by atoms with Crippen LogP contribution in [0.4, 0.5) is 0 Å². The lowest BCUT2D eigenvalue weighted by Crippen LogP contribution is -2.05. The maximum absolute atomic E-state index is 4.97. The predicted octanol–water partition coefficient (Wildman–Crippen LogP) is 4.06. The highest BCUT2D eigenvalue weighted by Crippen LogP contribution is 2.44. The summed E-state index contributed by atoms with van der Waals surface area (Å²) in [5.74, 6) is 2.24. The molecule has 5 heteroatoms. The third kappa shape index (κ3) is 2.62. The van der Waals surface area contributed by atoms with Gasteiger partial charge in [0.1, 0.15) is 5.69 Å². The number of hydrogen-bond acceptors (Lipinski definition) is 3. The van der Waals surface area contributed by atoms with Gasteiger partial charge < -0.3 is 4.57 Å². The van der Waals surface area contributed by atoms with Gasteiger partial charge in [-0.2, -0.15) is 5.10 Å². The molecule has 0 atom stereocenters. The van der Waals surface area contributed by atoms with Gasteiger partial charge in [-0.25, -0.2) is 14.6 Å². The van der Waals surface area contributed by atoms with Crippen LogP contribution in [0.5, 0.6) is 0 Å². The van der Waals surface area contributed by atoms with Crippen LogP contribution in [0.2, 0.25) is 0 Å². The van der Waals surface area contributed by atoms with Gasteiger partial charge in [-0.05, 0) is 49.7 Å². The Hall–Kier alpha value is -2.17. The quantitative estimate of drug-likeness (QED) is 0.711. The van der Waals surface area contributed by atoms with Crippen molar-refractivity contribution in [1.82, 2.24) is 24.3 Å². The van der Waals surface area contributed by atoms with E-state index in [9.17, 15) is 0 Å². The molecule has 0 unspecified atom stereocenters. The number of nitrogens with zero attached hydrogens (tertiary/aromatic N) is 5. The molecule has 126 valence electrons. The van der Waals surface area contributed by atoms with Gasteiger partial charge in [-0.1, -0.05) is 13.8 Å². The molecule has 3 aromatic rings. The summed E-state index contributed by atoms with van der Waals surface area (Å²) < 4.78 is 4.13. The minimum atomic E-state index is 0.658. The predicted molar refractivity (Wildman–Crippen MR) is 95.9 cm³/mol. The van der Waals surface area contributed by atoms with Gasteiger partial charge in [0.2, 0.25) is 0 Å². The Labute approximate surface area is 142 Å². The summed E-state index contributed by atoms with van der Waals surface area (Å²) in [6.07, 6.45) is 7.47. The van der Waals surface area contributed by atoms with E-state index in [1.54, 1.807) is 0 Å². The maximum Gasteiger partial charge on any atom is 0.159 e. The third-order valence-electron chi connectivity index (χ3n) is 4.89. The van der Waals surface area contributed by atoms with Crippen LogP contribution >= 0.6 is 0 Å². The molecule has 0 bridgehead atoms. The van der Waals surface area contributed by atoms with Gasteiger partial charge in [0.25, 0.3) is 0 Å². The highest BCUT2D eigenvalue weighted by molar-refractivity contribution is 5.85. The molecule has 3 heterocycles. The molecule has 3 aromatic heterocycles. The minimum Gasteiger partial charge on any atom is -0.333 e. The van der Waals surface area contributed by atoms with Crippen molar-refractivity contribution >= 4 is 11.0 Å². The molecule has 1 fully saturated rings. The standard InChI is InChI=1S/C19H25N5/c1-12(2)7-9-24-19-17(13(3)22-24)15(14-5-6-14)11-16(21-19)18-20-8-10-23(18)4/h8,10-12,14H,5-7,9H2,1-4H3. The molecule has 0 aliphatic heterocycles. The van der Waals surface area contributed by atoms with Crippen molar-refractivity contribution in [3.63, 3.8) is 0 Å². The number of imidazole rings is 1. The van der Waals surface area contributed by atoms with Gasteiger partial charge in [0.05, 0.1) is 5.69 Å². The number of aryl methyl sites for hydroxylation is 3. The fraction of sp³-hybridized carbons (Fsp3) is 0.526. The molecule has 0 spiro atoms. The first-order valence-corrected chi connectivity index (χ1v) is 8.90. The molecule has 1 aliphatic carbocycles. The topological polar surface area (TPSA) is 48.5 Å². The summed E-state index contributed by atoms with van der Waals surface area (Å²) >= 11 is 0. The molecule has 5 nitrogen and oxygen atoms in total. The first-order chi connectivity index (χ1) is 11.5. The Bertz CT molecular complexity index is 883. The lowest BCUT2D eigenvalue weighted by atomic mass is 10.0. The van der Waals surface area contributed by atoms with Crippen LogP contribution in [0.3, 0.4) is 0 Å². The SMILES string of the molecule is Cc1nn(CCC(C)C)c2nc(-c3nccn3C)cc(C3CC3)c12. The van der Waals surface area contributed by atoms with Crippen LogP contribution in [0.1, 0.15) is 50.3 Å². The number of fused-ring (bicyclic) bond motifs is 1. The Balaban J connectivity index is 1.90. The Morgan fingerprint density at radius 3 is 2.71 bits per heavy atom. The Kier molecular flexibility index (Phi) is 3.66. The number of rotatable bonds is 5. The van der Waals surface area contributed by atoms with Crippen LogP contribution in [0.15, 0.2) is 18.5 Å². The van der Waals surface area contributed by atoms with Crippen LogP contribution < -0.4 is 0 Å². The molecule has 4 rings (SSSR count). The summed E-state index contributed by atoms with van der Waals surface area (Å²) in [6, 6.07) is 2.24. The second-order valence-corrected chi connectivity index (χ2v) is 7.42. The first-order valence-electron chi connectivity index (χ1n) is 8.90. The zero-order valence-corrected chi connectivity index (χ0v) is 15.0. The van der Waals surface area contributed by atoms with Crippen LogP contribution in [0.25, 0.3) is 22.6 Å². The van der Waals surface area contributed by atoms with E-state index in [1.165, 1.54) is 23.8 Å². The summed E-state index contributed by atoms with van der Waals surface area (Å²) in [6.45, 7) is 7.53. The summed E-state index contributed by atoms with van der Waals surface area (Å²) in [7, 11) is 2.02. The molecule has 24 heavy (non-hydrogen) atoms. The van der Waals surface area contributed by atoms with Gasteiger partial charge in [0, 0.05) is 31.4 Å². The molecular weight excluding hydrogens is 298 g/mol. The first kappa shape index (κ1) is 15.4. The number of pyridine rings is 1. The molecule has 1 aliphatic rings. The van der Waals surface area contributed by atoms with Crippen molar-refractivity contribution in [1.29, 1.82) is 0 Å². The van der Waals surface area contributed by atoms with E-state index in [1.807, 2.05) is 24.0 Å². The smallest absolute Gasteiger partial charge is 0.159 e. The van der Waals surface area contributed by atoms with Crippen LogP contribution in [-0.2, 0) is 13.6 Å². The fourth-order valence-electron chi connectivity index (χ4n) is 3.37. The lowest BCUT2D eigenvalue weighted by Gasteiger charge is -2.09. The summed E-state index contributed by atoms with van der Waals surface area (Å²) in [4.78, 5) is 9.46. The van der Waals surface area contributed by atoms with E-state index < -0.39 is 0 Å². The molecule has 0 radical (unpaired) electrons. The van der Waals surface area contributed by atoms with Gasteiger partial charge in [-0.3, -0.25) is 0 Å². The van der Waals surface area contributed by atoms with E-state index in [4.69, 9.17) is 10.1 Å². The molecule has 0 saturated heterocycles. The molecule has 0 N–H and O–H groups in total. The minimum absolute atomic E-state index is 0.658. The van der Waals surface area contributed by atoms with E-state index in [-0.39, 0.29) is 0 Å². The lowest BCUT2D eigenvalue weighted by molar-refractivity contribution is 0.493. The van der Waals surface area contributed by atoms with Crippen molar-refractivity contribution in [2.75, 3.05) is 0 Å². The summed E-state index contributed by atoms with van der Waals surface area (Å²) in [5.41, 5.74) is 4.50. The van der Waals surface area contributed by atoms with Gasteiger partial charge >= 0.3 is 0 Å². The van der Waals surface area contributed by atoms with E-state index >= 15 is 0 Å². The largest absolute Gasteiger partial charge is 0.333 e. The van der Waals surface area contributed by atoms with Crippen molar-refractivity contribution < 1.29 is 0 Å². The zero-order valence-electron chi connectivity index (χ0n) is 15.0. The molecule has 0 aromatic carbocycles. The number of hydrogen-bond donors (Lipinski definition) is 0. The fourth-order valence-corrected chi connectivity index (χ4v) is 3.37. The Morgan fingerprint density at radius 1 is 1.29 bits per heavy atom. The number of aromatic nitrogens is 5. The van der Waals surface area contributed by atoms with E-state index in [0.29, 0.717) is 11.8 Å². The van der Waals surface area contributed by atoms with Gasteiger partial charge in [0.15, 0.2) is 11.5 Å². The van der Waals surface area contributed by atoms with Crippen LogP contribution in [0, 0.1) is 12.8 Å². The third-order valence-corrected chi connectivity index (χ3v) is 4.89. The highest BCUT2D eigenvalue weighted by Gasteiger charge is 2.29. The average Bonchev–Trinajstić information content (AvgIpc) is 3.23. The Morgan fingerprint density at radius 2 is 2.08 bits per heavy atom. The summed E-state index contributed by atoms with van der Waals surface area (Å²) in [5, 5.41) is 6.07. The van der Waals surface area contributed by atoms with Crippen molar-refractivity contribution in [2.45, 2.75) is 52.5 Å². The monoisotopic (exact) mass is 323 g/mol. The second-order valence-electron chi connectivity index (χ2n) is 7.42. The van der Waals surface area contributed by atoms with E-state index in [2.05, 4.69) is 36.5 Å². The average molecular weight is 323 g/mol. The van der Waals surface area contributed by atoms with E-state index in [0.717, 1.165) is 35.8 Å². The highest BCUT2D eigenvalue weighted by atomic mass is 15.3. The molecule has 1 saturated carbocycles. The molecule has 0 amide bonds. The van der Waals surface area contributed by atoms with Crippen molar-refractivity contribution in [3.05, 3.63) is 29.7 Å². The molecular formula is C19H25N5. The van der Waals surface area contributed by atoms with Crippen molar-refractivity contribution in [3.8, 4) is 11.5 Å². The van der Waals surface area contributed by atoms with Gasteiger partial charge in [-0.15, -0.1) is 0 Å². The second kappa shape index (κ2) is 5.72. The van der Waals surface area contributed by atoms with Crippen LogP contribution in [-0.4, -0.2) is 24.3 Å². The maximum atomic E-state index is 4.97.